The molecule has 1 heterocycles. The molecule has 0 saturated carbocycles. The molecular formula is C12H24N4. The molecule has 0 radical (unpaired) electrons. The summed E-state index contributed by atoms with van der Waals surface area (Å²) in [5.74, 6) is 1.18. The van der Waals surface area contributed by atoms with Crippen molar-refractivity contribution >= 4 is 0 Å². The summed E-state index contributed by atoms with van der Waals surface area (Å²) in [6, 6.07) is 0.466. The summed E-state index contributed by atoms with van der Waals surface area (Å²) in [7, 11) is 6.22. The molecule has 0 aromatic carbocycles. The summed E-state index contributed by atoms with van der Waals surface area (Å²) < 4.78 is 2.25. The van der Waals surface area contributed by atoms with Gasteiger partial charge in [0.2, 0.25) is 0 Å². The van der Waals surface area contributed by atoms with Crippen LogP contribution >= 0.6 is 0 Å². The lowest BCUT2D eigenvalue weighted by atomic mass is 10.2. The van der Waals surface area contributed by atoms with Crippen LogP contribution < -0.4 is 5.32 Å². The standard InChI is InChI=1S/C12H24N4/c1-5-7-16-8-6-14-12(16)9-11(13-2)10-15(3)4/h6,8,11,13H,5,7,9-10H2,1-4H3. The normalized spacial score (nSPS) is 13.3. The van der Waals surface area contributed by atoms with Crippen LogP contribution in [0.3, 0.4) is 0 Å². The van der Waals surface area contributed by atoms with Crippen LogP contribution in [0.15, 0.2) is 12.4 Å². The van der Waals surface area contributed by atoms with Gasteiger partial charge in [0.1, 0.15) is 5.82 Å². The minimum absolute atomic E-state index is 0.466. The fraction of sp³-hybridized carbons (Fsp3) is 0.750. The zero-order chi connectivity index (χ0) is 12.0. The van der Waals surface area contributed by atoms with Crippen molar-refractivity contribution in [1.82, 2.24) is 19.8 Å². The van der Waals surface area contributed by atoms with Crippen LogP contribution in [0.25, 0.3) is 0 Å². The zero-order valence-corrected chi connectivity index (χ0v) is 10.9. The van der Waals surface area contributed by atoms with Gasteiger partial charge in [-0.25, -0.2) is 4.98 Å². The highest BCUT2D eigenvalue weighted by atomic mass is 15.1. The fourth-order valence-corrected chi connectivity index (χ4v) is 1.89. The van der Waals surface area contributed by atoms with E-state index in [0.29, 0.717) is 6.04 Å². The molecule has 1 aromatic heterocycles. The molecule has 0 aliphatic heterocycles. The number of rotatable bonds is 7. The van der Waals surface area contributed by atoms with Crippen LogP contribution in [0.5, 0.6) is 0 Å². The van der Waals surface area contributed by atoms with Gasteiger partial charge in [-0.2, -0.15) is 0 Å². The van der Waals surface area contributed by atoms with Gasteiger partial charge in [-0.05, 0) is 27.6 Å². The first kappa shape index (κ1) is 13.2. The van der Waals surface area contributed by atoms with Gasteiger partial charge >= 0.3 is 0 Å². The number of nitrogens with zero attached hydrogens (tertiary/aromatic N) is 3. The van der Waals surface area contributed by atoms with Gasteiger partial charge in [-0.15, -0.1) is 0 Å². The van der Waals surface area contributed by atoms with E-state index in [0.717, 1.165) is 25.9 Å². The molecule has 0 bridgehead atoms. The summed E-state index contributed by atoms with van der Waals surface area (Å²) >= 11 is 0. The lowest BCUT2D eigenvalue weighted by molar-refractivity contribution is 0.342. The molecular weight excluding hydrogens is 200 g/mol. The van der Waals surface area contributed by atoms with Crippen molar-refractivity contribution in [3.05, 3.63) is 18.2 Å². The zero-order valence-electron chi connectivity index (χ0n) is 10.9. The highest BCUT2D eigenvalue weighted by molar-refractivity contribution is 4.96. The van der Waals surface area contributed by atoms with Gasteiger partial charge in [0.05, 0.1) is 0 Å². The molecule has 16 heavy (non-hydrogen) atoms. The maximum Gasteiger partial charge on any atom is 0.110 e. The predicted octanol–water partition coefficient (Wildman–Crippen LogP) is 0.985. The van der Waals surface area contributed by atoms with Gasteiger partial charge in [0.15, 0.2) is 0 Å². The maximum absolute atomic E-state index is 4.43. The van der Waals surface area contributed by atoms with Crippen molar-refractivity contribution in [2.45, 2.75) is 32.4 Å². The third-order valence-corrected chi connectivity index (χ3v) is 2.69. The Kier molecular flexibility index (Phi) is 5.49. The summed E-state index contributed by atoms with van der Waals surface area (Å²) in [5.41, 5.74) is 0. The number of hydrogen-bond donors (Lipinski definition) is 1. The molecule has 0 amide bonds. The van der Waals surface area contributed by atoms with E-state index in [-0.39, 0.29) is 0 Å². The summed E-state index contributed by atoms with van der Waals surface area (Å²) in [6.45, 7) is 4.29. The minimum Gasteiger partial charge on any atom is -0.335 e. The smallest absolute Gasteiger partial charge is 0.110 e. The molecule has 0 aliphatic rings. The lowest BCUT2D eigenvalue weighted by Gasteiger charge is -2.20. The Morgan fingerprint density at radius 3 is 2.81 bits per heavy atom. The van der Waals surface area contributed by atoms with E-state index in [1.165, 1.54) is 5.82 Å². The lowest BCUT2D eigenvalue weighted by Crippen LogP contribution is -2.38. The summed E-state index contributed by atoms with van der Waals surface area (Å²) in [6.07, 6.45) is 6.11. The maximum atomic E-state index is 4.43. The van der Waals surface area contributed by atoms with Crippen LogP contribution in [0, 0.1) is 0 Å². The number of nitrogens with one attached hydrogen (secondary N) is 1. The summed E-state index contributed by atoms with van der Waals surface area (Å²) in [4.78, 5) is 6.64. The Hall–Kier alpha value is -0.870. The first-order chi connectivity index (χ1) is 7.67. The van der Waals surface area contributed by atoms with Crippen molar-refractivity contribution in [2.24, 2.45) is 0 Å². The van der Waals surface area contributed by atoms with Gasteiger partial charge in [0, 0.05) is 37.9 Å². The molecule has 1 N–H and O–H groups in total. The third-order valence-electron chi connectivity index (χ3n) is 2.69. The Labute approximate surface area is 98.7 Å². The van der Waals surface area contributed by atoms with E-state index in [9.17, 15) is 0 Å². The van der Waals surface area contributed by atoms with Gasteiger partial charge in [0.25, 0.3) is 0 Å². The number of aryl methyl sites for hydroxylation is 1. The van der Waals surface area contributed by atoms with E-state index < -0.39 is 0 Å². The average Bonchev–Trinajstić information content (AvgIpc) is 2.65. The van der Waals surface area contributed by atoms with Crippen molar-refractivity contribution in [2.75, 3.05) is 27.7 Å². The van der Waals surface area contributed by atoms with E-state index in [4.69, 9.17) is 0 Å². The molecule has 1 unspecified atom stereocenters. The van der Waals surface area contributed by atoms with E-state index in [2.05, 4.69) is 47.0 Å². The molecule has 0 spiro atoms. The van der Waals surface area contributed by atoms with Crippen molar-refractivity contribution in [3.8, 4) is 0 Å². The predicted molar refractivity (Wildman–Crippen MR) is 67.6 cm³/mol. The Morgan fingerprint density at radius 1 is 1.50 bits per heavy atom. The van der Waals surface area contributed by atoms with Crippen LogP contribution in [0.1, 0.15) is 19.2 Å². The van der Waals surface area contributed by atoms with Gasteiger partial charge < -0.3 is 14.8 Å². The molecule has 4 nitrogen and oxygen atoms in total. The van der Waals surface area contributed by atoms with E-state index in [1.54, 1.807) is 0 Å². The Balaban J connectivity index is 2.58. The van der Waals surface area contributed by atoms with Crippen LogP contribution in [-0.4, -0.2) is 48.2 Å². The molecule has 0 fully saturated rings. The SMILES string of the molecule is CCCn1ccnc1CC(CN(C)C)NC. The highest BCUT2D eigenvalue weighted by Gasteiger charge is 2.11. The number of hydrogen-bond acceptors (Lipinski definition) is 3. The van der Waals surface area contributed by atoms with Crippen molar-refractivity contribution < 1.29 is 0 Å². The summed E-state index contributed by atoms with van der Waals surface area (Å²) in [5, 5.41) is 3.35. The van der Waals surface area contributed by atoms with Crippen LogP contribution in [-0.2, 0) is 13.0 Å². The Morgan fingerprint density at radius 2 is 2.25 bits per heavy atom. The molecule has 0 aliphatic carbocycles. The largest absolute Gasteiger partial charge is 0.335 e. The van der Waals surface area contributed by atoms with Crippen LogP contribution in [0.2, 0.25) is 0 Å². The first-order valence-electron chi connectivity index (χ1n) is 5.99. The van der Waals surface area contributed by atoms with Crippen LogP contribution in [0.4, 0.5) is 0 Å². The molecule has 1 aromatic rings. The Bertz CT molecular complexity index is 293. The van der Waals surface area contributed by atoms with Crippen molar-refractivity contribution in [1.29, 1.82) is 0 Å². The minimum atomic E-state index is 0.466. The second-order valence-electron chi connectivity index (χ2n) is 4.49. The number of likely N-dealkylation sites (N-methyl/N-ethyl adjacent to an activating group) is 2. The van der Waals surface area contributed by atoms with Gasteiger partial charge in [-0.3, -0.25) is 0 Å². The van der Waals surface area contributed by atoms with E-state index in [1.807, 2.05) is 13.2 Å². The molecule has 4 heteroatoms. The van der Waals surface area contributed by atoms with Gasteiger partial charge in [-0.1, -0.05) is 6.92 Å². The molecule has 92 valence electrons. The molecule has 1 rings (SSSR count). The highest BCUT2D eigenvalue weighted by Crippen LogP contribution is 2.03. The fourth-order valence-electron chi connectivity index (χ4n) is 1.89. The second-order valence-corrected chi connectivity index (χ2v) is 4.49. The average molecular weight is 224 g/mol. The van der Waals surface area contributed by atoms with E-state index >= 15 is 0 Å². The number of aromatic nitrogens is 2. The topological polar surface area (TPSA) is 33.1 Å². The first-order valence-corrected chi connectivity index (χ1v) is 5.99. The van der Waals surface area contributed by atoms with Crippen molar-refractivity contribution in [3.63, 3.8) is 0 Å². The molecule has 1 atom stereocenters. The number of imidazole rings is 1. The quantitative estimate of drug-likeness (QED) is 0.749. The second kappa shape index (κ2) is 6.66. The third kappa shape index (κ3) is 3.94. The molecule has 0 saturated heterocycles. The monoisotopic (exact) mass is 224 g/mol.